The quantitative estimate of drug-likeness (QED) is 0.897. The monoisotopic (exact) mass is 280 g/mol. The summed E-state index contributed by atoms with van der Waals surface area (Å²) in [6, 6.07) is 2.31. The lowest BCUT2D eigenvalue weighted by Crippen LogP contribution is -2.44. The van der Waals surface area contributed by atoms with Gasteiger partial charge in [-0.15, -0.1) is 11.3 Å². The lowest BCUT2D eigenvalue weighted by molar-refractivity contribution is -0.145. The van der Waals surface area contributed by atoms with Gasteiger partial charge in [-0.2, -0.15) is 0 Å². The van der Waals surface area contributed by atoms with Crippen molar-refractivity contribution in [3.05, 3.63) is 21.9 Å². The number of rotatable bonds is 2. The standard InChI is InChI=1S/C14H20N2O2S/c1-9-11-5-7-19-13(11)4-6-16(9)14(17)12-3-2-10(8-15)18-12/h5,7,9-10,12H,2-4,6,8,15H2,1H3. The second-order valence-corrected chi connectivity index (χ2v) is 6.32. The lowest BCUT2D eigenvalue weighted by Gasteiger charge is -2.35. The Hall–Kier alpha value is -0.910. The number of fused-ring (bicyclic) bond motifs is 1. The highest BCUT2D eigenvalue weighted by Crippen LogP contribution is 2.34. The molecule has 19 heavy (non-hydrogen) atoms. The Morgan fingerprint density at radius 3 is 3.16 bits per heavy atom. The topological polar surface area (TPSA) is 55.6 Å². The summed E-state index contributed by atoms with van der Waals surface area (Å²) in [4.78, 5) is 16.0. The second-order valence-electron chi connectivity index (χ2n) is 5.32. The van der Waals surface area contributed by atoms with Gasteiger partial charge in [0.15, 0.2) is 0 Å². The van der Waals surface area contributed by atoms with Crippen molar-refractivity contribution in [3.8, 4) is 0 Å². The molecule has 2 aliphatic rings. The van der Waals surface area contributed by atoms with E-state index in [1.165, 1.54) is 10.4 Å². The highest BCUT2D eigenvalue weighted by Gasteiger charge is 2.36. The Kier molecular flexibility index (Phi) is 3.60. The van der Waals surface area contributed by atoms with Crippen molar-refractivity contribution in [2.45, 2.75) is 44.4 Å². The Balaban J connectivity index is 1.72. The van der Waals surface area contributed by atoms with E-state index in [0.717, 1.165) is 25.8 Å². The minimum Gasteiger partial charge on any atom is -0.364 e. The van der Waals surface area contributed by atoms with Gasteiger partial charge in [0.25, 0.3) is 5.91 Å². The zero-order valence-corrected chi connectivity index (χ0v) is 12.0. The van der Waals surface area contributed by atoms with Crippen molar-refractivity contribution >= 4 is 17.2 Å². The van der Waals surface area contributed by atoms with Crippen molar-refractivity contribution in [3.63, 3.8) is 0 Å². The molecule has 0 aromatic carbocycles. The average Bonchev–Trinajstić information content (AvgIpc) is 3.07. The van der Waals surface area contributed by atoms with Crippen LogP contribution in [0.1, 0.15) is 36.2 Å². The first-order chi connectivity index (χ1) is 9.20. The van der Waals surface area contributed by atoms with Crippen LogP contribution in [0.5, 0.6) is 0 Å². The van der Waals surface area contributed by atoms with E-state index in [4.69, 9.17) is 10.5 Å². The van der Waals surface area contributed by atoms with Crippen molar-refractivity contribution in [1.82, 2.24) is 4.90 Å². The molecule has 1 saturated heterocycles. The van der Waals surface area contributed by atoms with E-state index in [2.05, 4.69) is 18.4 Å². The summed E-state index contributed by atoms with van der Waals surface area (Å²) < 4.78 is 5.73. The number of nitrogens with zero attached hydrogens (tertiary/aromatic N) is 1. The van der Waals surface area contributed by atoms with E-state index < -0.39 is 0 Å². The average molecular weight is 280 g/mol. The van der Waals surface area contributed by atoms with Crippen LogP contribution in [0.3, 0.4) is 0 Å². The Morgan fingerprint density at radius 1 is 1.58 bits per heavy atom. The summed E-state index contributed by atoms with van der Waals surface area (Å²) >= 11 is 1.79. The van der Waals surface area contributed by atoms with Gasteiger partial charge < -0.3 is 15.4 Å². The molecule has 3 atom stereocenters. The first-order valence-corrected chi connectivity index (χ1v) is 7.81. The molecular formula is C14H20N2O2S. The Bertz CT molecular complexity index is 474. The molecular weight excluding hydrogens is 260 g/mol. The van der Waals surface area contributed by atoms with Gasteiger partial charge in [-0.25, -0.2) is 0 Å². The summed E-state index contributed by atoms with van der Waals surface area (Å²) in [5, 5.41) is 2.12. The molecule has 2 aliphatic heterocycles. The highest BCUT2D eigenvalue weighted by molar-refractivity contribution is 7.10. The number of nitrogens with two attached hydrogens (primary N) is 1. The molecule has 1 aromatic rings. The fourth-order valence-electron chi connectivity index (χ4n) is 3.06. The van der Waals surface area contributed by atoms with Gasteiger partial charge in [-0.3, -0.25) is 4.79 Å². The van der Waals surface area contributed by atoms with Crippen LogP contribution in [0.4, 0.5) is 0 Å². The third-order valence-electron chi connectivity index (χ3n) is 4.21. The molecule has 0 bridgehead atoms. The zero-order valence-electron chi connectivity index (χ0n) is 11.2. The lowest BCUT2D eigenvalue weighted by atomic mass is 10.0. The van der Waals surface area contributed by atoms with E-state index in [0.29, 0.717) is 6.54 Å². The van der Waals surface area contributed by atoms with Crippen LogP contribution >= 0.6 is 11.3 Å². The summed E-state index contributed by atoms with van der Waals surface area (Å²) in [6.45, 7) is 3.42. The number of thiophene rings is 1. The zero-order chi connectivity index (χ0) is 13.4. The second kappa shape index (κ2) is 5.23. The minimum atomic E-state index is -0.281. The van der Waals surface area contributed by atoms with Crippen LogP contribution in [-0.4, -0.2) is 36.1 Å². The van der Waals surface area contributed by atoms with Gasteiger partial charge in [-0.05, 0) is 43.2 Å². The summed E-state index contributed by atoms with van der Waals surface area (Å²) in [5.74, 6) is 0.139. The van der Waals surface area contributed by atoms with Gasteiger partial charge in [0, 0.05) is 18.0 Å². The molecule has 5 heteroatoms. The molecule has 3 rings (SSSR count). The summed E-state index contributed by atoms with van der Waals surface area (Å²) in [7, 11) is 0. The molecule has 4 nitrogen and oxygen atoms in total. The fourth-order valence-corrected chi connectivity index (χ4v) is 4.02. The normalized spacial score (nSPS) is 30.4. The van der Waals surface area contributed by atoms with Crippen LogP contribution in [-0.2, 0) is 16.0 Å². The van der Waals surface area contributed by atoms with Crippen LogP contribution in [0.15, 0.2) is 11.4 Å². The molecule has 1 aromatic heterocycles. The fraction of sp³-hybridized carbons (Fsp3) is 0.643. The molecule has 104 valence electrons. The van der Waals surface area contributed by atoms with Crippen molar-refractivity contribution in [2.75, 3.05) is 13.1 Å². The molecule has 2 N–H and O–H groups in total. The molecule has 0 radical (unpaired) electrons. The van der Waals surface area contributed by atoms with E-state index in [1.54, 1.807) is 11.3 Å². The number of hydrogen-bond donors (Lipinski definition) is 1. The Labute approximate surface area is 117 Å². The van der Waals surface area contributed by atoms with Crippen LogP contribution in [0.2, 0.25) is 0 Å². The number of ether oxygens (including phenoxy) is 1. The number of amides is 1. The number of hydrogen-bond acceptors (Lipinski definition) is 4. The maximum atomic E-state index is 12.6. The van der Waals surface area contributed by atoms with Crippen LogP contribution < -0.4 is 5.73 Å². The number of carbonyl (C=O) groups is 1. The third-order valence-corrected chi connectivity index (χ3v) is 5.20. The van der Waals surface area contributed by atoms with Gasteiger partial charge >= 0.3 is 0 Å². The molecule has 3 unspecified atom stereocenters. The maximum absolute atomic E-state index is 12.6. The van der Waals surface area contributed by atoms with Gasteiger partial charge in [0.05, 0.1) is 12.1 Å². The molecule has 0 aliphatic carbocycles. The predicted molar refractivity (Wildman–Crippen MR) is 75.1 cm³/mol. The molecule has 1 amide bonds. The van der Waals surface area contributed by atoms with Gasteiger partial charge in [0.1, 0.15) is 6.10 Å². The van der Waals surface area contributed by atoms with E-state index in [1.807, 2.05) is 4.90 Å². The van der Waals surface area contributed by atoms with Crippen LogP contribution in [0.25, 0.3) is 0 Å². The van der Waals surface area contributed by atoms with Gasteiger partial charge in [-0.1, -0.05) is 0 Å². The first kappa shape index (κ1) is 13.1. The van der Waals surface area contributed by atoms with Crippen LogP contribution in [0, 0.1) is 0 Å². The molecule has 0 saturated carbocycles. The Morgan fingerprint density at radius 2 is 2.42 bits per heavy atom. The summed E-state index contributed by atoms with van der Waals surface area (Å²) in [5.41, 5.74) is 6.91. The molecule has 1 fully saturated rings. The van der Waals surface area contributed by atoms with E-state index >= 15 is 0 Å². The first-order valence-electron chi connectivity index (χ1n) is 6.93. The molecule has 0 spiro atoms. The predicted octanol–water partition coefficient (Wildman–Crippen LogP) is 1.70. The largest absolute Gasteiger partial charge is 0.364 e. The third kappa shape index (κ3) is 2.30. The SMILES string of the molecule is CC1c2ccsc2CCN1C(=O)C1CCC(CN)O1. The van der Waals surface area contributed by atoms with E-state index in [9.17, 15) is 4.79 Å². The summed E-state index contributed by atoms with van der Waals surface area (Å²) in [6.07, 6.45) is 2.46. The maximum Gasteiger partial charge on any atom is 0.252 e. The molecule has 3 heterocycles. The highest BCUT2D eigenvalue weighted by atomic mass is 32.1. The smallest absolute Gasteiger partial charge is 0.252 e. The minimum absolute atomic E-state index is 0.0609. The van der Waals surface area contributed by atoms with Crippen molar-refractivity contribution in [2.24, 2.45) is 5.73 Å². The van der Waals surface area contributed by atoms with Crippen molar-refractivity contribution in [1.29, 1.82) is 0 Å². The van der Waals surface area contributed by atoms with E-state index in [-0.39, 0.29) is 24.2 Å². The van der Waals surface area contributed by atoms with Crippen molar-refractivity contribution < 1.29 is 9.53 Å². The number of carbonyl (C=O) groups excluding carboxylic acids is 1. The van der Waals surface area contributed by atoms with Gasteiger partial charge in [0.2, 0.25) is 0 Å².